The third-order valence-electron chi connectivity index (χ3n) is 2.97. The molecule has 1 aromatic carbocycles. The Kier molecular flexibility index (Phi) is 3.48. The van der Waals surface area contributed by atoms with Crippen molar-refractivity contribution in [2.75, 3.05) is 25.0 Å². The van der Waals surface area contributed by atoms with Crippen LogP contribution in [-0.2, 0) is 4.79 Å². The van der Waals surface area contributed by atoms with Crippen LogP contribution in [0.5, 0.6) is 0 Å². The summed E-state index contributed by atoms with van der Waals surface area (Å²) in [7, 11) is 1.75. The van der Waals surface area contributed by atoms with Crippen molar-refractivity contribution in [3.05, 3.63) is 41.2 Å². The number of nitrogens with zero attached hydrogens (tertiary/aromatic N) is 1. The third-order valence-corrected chi connectivity index (χ3v) is 2.97. The highest BCUT2D eigenvalue weighted by Crippen LogP contribution is 2.33. The van der Waals surface area contributed by atoms with Crippen LogP contribution in [0.15, 0.2) is 24.3 Å². The van der Waals surface area contributed by atoms with Gasteiger partial charge < -0.3 is 5.32 Å². The molecule has 0 radical (unpaired) electrons. The van der Waals surface area contributed by atoms with Gasteiger partial charge >= 0.3 is 0 Å². The lowest BCUT2D eigenvalue weighted by Crippen LogP contribution is -2.33. The zero-order valence-corrected chi connectivity index (χ0v) is 10.9. The summed E-state index contributed by atoms with van der Waals surface area (Å²) in [5.41, 5.74) is 1.53. The van der Waals surface area contributed by atoms with E-state index >= 15 is 0 Å². The molecule has 1 aliphatic heterocycles. The molecule has 0 bridgehead atoms. The Bertz CT molecular complexity index is 581. The second-order valence-corrected chi connectivity index (χ2v) is 4.64. The molecule has 5 heteroatoms. The van der Waals surface area contributed by atoms with Gasteiger partial charge in [0.1, 0.15) is 5.82 Å². The van der Waals surface area contributed by atoms with Gasteiger partial charge in [0, 0.05) is 13.1 Å². The van der Waals surface area contributed by atoms with Gasteiger partial charge in [-0.25, -0.2) is 4.39 Å². The normalized spacial score (nSPS) is 13.9. The van der Waals surface area contributed by atoms with Gasteiger partial charge in [0.05, 0.1) is 11.3 Å². The second-order valence-electron chi connectivity index (χ2n) is 4.64. The van der Waals surface area contributed by atoms with Crippen LogP contribution in [0.3, 0.4) is 0 Å². The molecule has 0 fully saturated rings. The van der Waals surface area contributed by atoms with Crippen LogP contribution in [0, 0.1) is 12.7 Å². The number of fused-ring (bicyclic) bond motifs is 1. The highest BCUT2D eigenvalue weighted by atomic mass is 19.1. The Morgan fingerprint density at radius 1 is 1.42 bits per heavy atom. The average Bonchev–Trinajstić information content (AvgIpc) is 2.55. The van der Waals surface area contributed by atoms with Crippen molar-refractivity contribution in [3.63, 3.8) is 0 Å². The number of amides is 1. The minimum Gasteiger partial charge on any atom is -0.316 e. The van der Waals surface area contributed by atoms with Crippen LogP contribution in [0.2, 0.25) is 0 Å². The van der Waals surface area contributed by atoms with Crippen LogP contribution in [-0.4, -0.2) is 31.8 Å². The maximum absolute atomic E-state index is 14.0. The molecule has 1 heterocycles. The van der Waals surface area contributed by atoms with E-state index in [9.17, 15) is 14.0 Å². The van der Waals surface area contributed by atoms with Crippen LogP contribution in [0.4, 0.5) is 10.1 Å². The summed E-state index contributed by atoms with van der Waals surface area (Å²) in [6.45, 7) is 6.12. The van der Waals surface area contributed by atoms with Crippen molar-refractivity contribution in [2.45, 2.75) is 6.92 Å². The summed E-state index contributed by atoms with van der Waals surface area (Å²) in [6.07, 6.45) is 0. The van der Waals surface area contributed by atoms with Crippen LogP contribution < -0.4 is 10.2 Å². The number of carbonyl (C=O) groups excluding carboxylic acids is 2. The van der Waals surface area contributed by atoms with Crippen LogP contribution in [0.25, 0.3) is 0 Å². The lowest BCUT2D eigenvalue weighted by atomic mass is 10.1. The van der Waals surface area contributed by atoms with E-state index in [1.807, 2.05) is 0 Å². The highest BCUT2D eigenvalue weighted by Gasteiger charge is 2.38. The van der Waals surface area contributed by atoms with Gasteiger partial charge in [0.15, 0.2) is 0 Å². The summed E-state index contributed by atoms with van der Waals surface area (Å²) in [4.78, 5) is 24.9. The SMILES string of the molecule is C=C(CNC)CN1C(=O)C(=O)c2cc(C)cc(F)c21. The number of hydrogen-bond donors (Lipinski definition) is 1. The van der Waals surface area contributed by atoms with E-state index in [2.05, 4.69) is 11.9 Å². The number of ketones is 1. The number of likely N-dealkylation sites (N-methyl/N-ethyl adjacent to an activating group) is 1. The Labute approximate surface area is 110 Å². The maximum atomic E-state index is 14.0. The minimum atomic E-state index is -0.697. The Morgan fingerprint density at radius 3 is 2.74 bits per heavy atom. The van der Waals surface area contributed by atoms with E-state index in [1.165, 1.54) is 6.07 Å². The van der Waals surface area contributed by atoms with Gasteiger partial charge in [-0.3, -0.25) is 14.5 Å². The first-order valence-electron chi connectivity index (χ1n) is 5.93. The van der Waals surface area contributed by atoms with Crippen LogP contribution in [0.1, 0.15) is 15.9 Å². The third kappa shape index (κ3) is 2.29. The summed E-state index contributed by atoms with van der Waals surface area (Å²) in [5.74, 6) is -1.90. The zero-order valence-electron chi connectivity index (χ0n) is 10.9. The number of aryl methyl sites for hydroxylation is 1. The van der Waals surface area contributed by atoms with Crippen molar-refractivity contribution in [2.24, 2.45) is 0 Å². The molecule has 0 saturated carbocycles. The van der Waals surface area contributed by atoms with Gasteiger partial charge in [-0.1, -0.05) is 6.58 Å². The number of carbonyl (C=O) groups is 2. The number of Topliss-reactive ketones (excluding diaryl/α,β-unsaturated/α-hetero) is 1. The van der Waals surface area contributed by atoms with Crippen molar-refractivity contribution in [1.82, 2.24) is 5.32 Å². The van der Waals surface area contributed by atoms with Crippen molar-refractivity contribution in [3.8, 4) is 0 Å². The molecule has 0 aromatic heterocycles. The van der Waals surface area contributed by atoms with Gasteiger partial charge in [0.25, 0.3) is 11.7 Å². The molecule has 19 heavy (non-hydrogen) atoms. The molecule has 0 saturated heterocycles. The second kappa shape index (κ2) is 4.93. The molecule has 4 nitrogen and oxygen atoms in total. The fourth-order valence-corrected chi connectivity index (χ4v) is 2.20. The summed E-state index contributed by atoms with van der Waals surface area (Å²) < 4.78 is 14.0. The molecule has 0 aliphatic carbocycles. The molecule has 1 aliphatic rings. The molecule has 1 amide bonds. The fraction of sp³-hybridized carbons (Fsp3) is 0.286. The first kappa shape index (κ1) is 13.4. The molecular formula is C14H15FN2O2. The zero-order chi connectivity index (χ0) is 14.2. The van der Waals surface area contributed by atoms with Crippen molar-refractivity contribution in [1.29, 1.82) is 0 Å². The average molecular weight is 262 g/mol. The number of rotatable bonds is 4. The van der Waals surface area contributed by atoms with E-state index in [1.54, 1.807) is 20.0 Å². The van der Waals surface area contributed by atoms with E-state index in [0.29, 0.717) is 17.7 Å². The standard InChI is InChI=1S/C14H15FN2O2/c1-8-4-10-12(11(15)5-8)17(14(19)13(10)18)7-9(2)6-16-3/h4-5,16H,2,6-7H2,1,3H3. The first-order chi connectivity index (χ1) is 8.95. The molecule has 1 N–H and O–H groups in total. The summed E-state index contributed by atoms with van der Waals surface area (Å²) in [6, 6.07) is 2.86. The molecule has 0 atom stereocenters. The Hall–Kier alpha value is -2.01. The Balaban J connectivity index is 2.41. The minimum absolute atomic E-state index is 0.0675. The molecular weight excluding hydrogens is 247 g/mol. The van der Waals surface area contributed by atoms with E-state index < -0.39 is 17.5 Å². The predicted octanol–water partition coefficient (Wildman–Crippen LogP) is 1.44. The molecule has 1 aromatic rings. The molecule has 0 spiro atoms. The smallest absolute Gasteiger partial charge is 0.299 e. The topological polar surface area (TPSA) is 49.4 Å². The predicted molar refractivity (Wildman–Crippen MR) is 70.9 cm³/mol. The number of nitrogens with one attached hydrogen (secondary N) is 1. The quantitative estimate of drug-likeness (QED) is 0.660. The molecule has 100 valence electrons. The number of benzene rings is 1. The Morgan fingerprint density at radius 2 is 2.11 bits per heavy atom. The van der Waals surface area contributed by atoms with Crippen LogP contribution >= 0.6 is 0 Å². The molecule has 2 rings (SSSR count). The number of anilines is 1. The van der Waals surface area contributed by atoms with Gasteiger partial charge in [-0.15, -0.1) is 0 Å². The largest absolute Gasteiger partial charge is 0.316 e. The van der Waals surface area contributed by atoms with Crippen molar-refractivity contribution < 1.29 is 14.0 Å². The fourth-order valence-electron chi connectivity index (χ4n) is 2.20. The van der Waals surface area contributed by atoms with Gasteiger partial charge in [-0.05, 0) is 37.2 Å². The van der Waals surface area contributed by atoms with E-state index in [-0.39, 0.29) is 17.8 Å². The lowest BCUT2D eigenvalue weighted by Gasteiger charge is -2.18. The summed E-state index contributed by atoms with van der Waals surface area (Å²) >= 11 is 0. The van der Waals surface area contributed by atoms with Gasteiger partial charge in [0.2, 0.25) is 0 Å². The van der Waals surface area contributed by atoms with E-state index in [0.717, 1.165) is 4.90 Å². The molecule has 0 unspecified atom stereocenters. The van der Waals surface area contributed by atoms with Gasteiger partial charge in [-0.2, -0.15) is 0 Å². The number of halogens is 1. The first-order valence-corrected chi connectivity index (χ1v) is 5.93. The number of hydrogen-bond acceptors (Lipinski definition) is 3. The van der Waals surface area contributed by atoms with E-state index in [4.69, 9.17) is 0 Å². The highest BCUT2D eigenvalue weighted by molar-refractivity contribution is 6.52. The monoisotopic (exact) mass is 262 g/mol. The lowest BCUT2D eigenvalue weighted by molar-refractivity contribution is -0.114. The summed E-state index contributed by atoms with van der Waals surface area (Å²) in [5, 5.41) is 2.90. The maximum Gasteiger partial charge on any atom is 0.299 e. The van der Waals surface area contributed by atoms with Crippen molar-refractivity contribution >= 4 is 17.4 Å².